The smallest absolute Gasteiger partial charge is 0.416 e. The molecule has 0 amide bonds. The van der Waals surface area contributed by atoms with Crippen LogP contribution in [0.1, 0.15) is 11.1 Å². The van der Waals surface area contributed by atoms with Gasteiger partial charge in [-0.05, 0) is 42.0 Å². The SMILES string of the molecule is Oc1ccc(NCc2cc(F)cc(C(F)(F)F)c2)cc1Cl. The van der Waals surface area contributed by atoms with E-state index in [1.807, 2.05) is 0 Å². The van der Waals surface area contributed by atoms with E-state index in [1.165, 1.54) is 18.2 Å². The van der Waals surface area contributed by atoms with Crippen LogP contribution in [0.5, 0.6) is 5.75 Å². The summed E-state index contributed by atoms with van der Waals surface area (Å²) >= 11 is 5.71. The number of halogens is 5. The van der Waals surface area contributed by atoms with E-state index in [2.05, 4.69) is 5.32 Å². The second-order valence-corrected chi connectivity index (χ2v) is 4.77. The first-order valence-corrected chi connectivity index (χ1v) is 6.22. The van der Waals surface area contributed by atoms with E-state index < -0.39 is 17.6 Å². The summed E-state index contributed by atoms with van der Waals surface area (Å²) in [6.45, 7) is -0.0120. The minimum absolute atomic E-state index is 0.0120. The van der Waals surface area contributed by atoms with E-state index in [1.54, 1.807) is 0 Å². The second kappa shape index (κ2) is 5.81. The van der Waals surface area contributed by atoms with Crippen molar-refractivity contribution in [2.45, 2.75) is 12.7 Å². The van der Waals surface area contributed by atoms with Crippen molar-refractivity contribution in [3.63, 3.8) is 0 Å². The molecule has 2 rings (SSSR count). The second-order valence-electron chi connectivity index (χ2n) is 4.37. The molecule has 0 aliphatic carbocycles. The average Bonchev–Trinajstić information content (AvgIpc) is 2.38. The van der Waals surface area contributed by atoms with Gasteiger partial charge < -0.3 is 10.4 Å². The zero-order valence-corrected chi connectivity index (χ0v) is 11.3. The Hall–Kier alpha value is -1.95. The molecule has 0 aliphatic rings. The predicted molar refractivity (Wildman–Crippen MR) is 71.8 cm³/mol. The van der Waals surface area contributed by atoms with Crippen LogP contribution in [-0.2, 0) is 12.7 Å². The summed E-state index contributed by atoms with van der Waals surface area (Å²) in [5, 5.41) is 12.2. The van der Waals surface area contributed by atoms with Crippen molar-refractivity contribution >= 4 is 17.3 Å². The first-order valence-electron chi connectivity index (χ1n) is 5.85. The largest absolute Gasteiger partial charge is 0.506 e. The first kappa shape index (κ1) is 15.4. The zero-order chi connectivity index (χ0) is 15.6. The summed E-state index contributed by atoms with van der Waals surface area (Å²) in [6.07, 6.45) is -4.60. The van der Waals surface area contributed by atoms with E-state index in [0.717, 1.165) is 12.1 Å². The van der Waals surface area contributed by atoms with E-state index in [4.69, 9.17) is 11.6 Å². The summed E-state index contributed by atoms with van der Waals surface area (Å²) in [7, 11) is 0. The fourth-order valence-corrected chi connectivity index (χ4v) is 1.92. The van der Waals surface area contributed by atoms with Crippen LogP contribution in [0.2, 0.25) is 5.02 Å². The van der Waals surface area contributed by atoms with E-state index in [9.17, 15) is 22.7 Å². The van der Waals surface area contributed by atoms with E-state index in [0.29, 0.717) is 11.8 Å². The van der Waals surface area contributed by atoms with Crippen LogP contribution < -0.4 is 5.32 Å². The van der Waals surface area contributed by atoms with E-state index >= 15 is 0 Å². The number of rotatable bonds is 3. The van der Waals surface area contributed by atoms with Gasteiger partial charge in [0.1, 0.15) is 11.6 Å². The molecule has 0 fully saturated rings. The van der Waals surface area contributed by atoms with Gasteiger partial charge in [-0.25, -0.2) is 4.39 Å². The molecule has 0 aliphatic heterocycles. The monoisotopic (exact) mass is 319 g/mol. The third kappa shape index (κ3) is 4.01. The lowest BCUT2D eigenvalue weighted by Gasteiger charge is -2.11. The molecule has 0 saturated carbocycles. The lowest BCUT2D eigenvalue weighted by Crippen LogP contribution is -2.08. The molecule has 0 bridgehead atoms. The summed E-state index contributed by atoms with van der Waals surface area (Å²) in [4.78, 5) is 0. The molecule has 2 nitrogen and oxygen atoms in total. The highest BCUT2D eigenvalue weighted by molar-refractivity contribution is 6.32. The molecule has 21 heavy (non-hydrogen) atoms. The zero-order valence-electron chi connectivity index (χ0n) is 10.5. The fourth-order valence-electron chi connectivity index (χ4n) is 1.74. The summed E-state index contributed by atoms with van der Waals surface area (Å²) in [5.41, 5.74) is -0.398. The van der Waals surface area contributed by atoms with Crippen LogP contribution in [0.15, 0.2) is 36.4 Å². The Labute approximate surface area is 123 Å². The van der Waals surface area contributed by atoms with Crippen LogP contribution >= 0.6 is 11.6 Å². The summed E-state index contributed by atoms with van der Waals surface area (Å²) < 4.78 is 50.9. The number of anilines is 1. The highest BCUT2D eigenvalue weighted by Crippen LogP contribution is 2.31. The molecule has 0 spiro atoms. The molecule has 0 saturated heterocycles. The van der Waals surface area contributed by atoms with Gasteiger partial charge in [-0.15, -0.1) is 0 Å². The standard InChI is InChI=1S/C14H10ClF4NO/c15-12-6-11(1-2-13(12)21)20-7-8-3-9(14(17,18)19)5-10(16)4-8/h1-6,20-21H,7H2. The van der Waals surface area contributed by atoms with Gasteiger partial charge >= 0.3 is 6.18 Å². The number of nitrogens with one attached hydrogen (secondary N) is 1. The number of aromatic hydroxyl groups is 1. The maximum atomic E-state index is 13.2. The molecule has 0 radical (unpaired) electrons. The molecule has 0 aromatic heterocycles. The molecule has 0 atom stereocenters. The van der Waals surface area contributed by atoms with Crippen molar-refractivity contribution in [2.75, 3.05) is 5.32 Å². The molecule has 2 aromatic rings. The van der Waals surface area contributed by atoms with Gasteiger partial charge in [0.2, 0.25) is 0 Å². The number of phenolic OH excluding ortho intramolecular Hbond substituents is 1. The number of benzene rings is 2. The van der Waals surface area contributed by atoms with Crippen molar-refractivity contribution in [3.05, 3.63) is 58.4 Å². The minimum Gasteiger partial charge on any atom is -0.506 e. The van der Waals surface area contributed by atoms with Gasteiger partial charge in [-0.2, -0.15) is 13.2 Å². The lowest BCUT2D eigenvalue weighted by atomic mass is 10.1. The Balaban J connectivity index is 2.16. The van der Waals surface area contributed by atoms with E-state index in [-0.39, 0.29) is 22.9 Å². The highest BCUT2D eigenvalue weighted by Gasteiger charge is 2.31. The average molecular weight is 320 g/mol. The van der Waals surface area contributed by atoms with Crippen molar-refractivity contribution in [1.82, 2.24) is 0 Å². The van der Waals surface area contributed by atoms with Crippen LogP contribution in [0, 0.1) is 5.82 Å². The van der Waals surface area contributed by atoms with Crippen LogP contribution in [0.4, 0.5) is 23.2 Å². The van der Waals surface area contributed by atoms with Crippen molar-refractivity contribution in [3.8, 4) is 5.75 Å². The van der Waals surface area contributed by atoms with Gasteiger partial charge in [0, 0.05) is 12.2 Å². The molecule has 0 unspecified atom stereocenters. The van der Waals surface area contributed by atoms with Gasteiger partial charge in [0.15, 0.2) is 0 Å². The van der Waals surface area contributed by atoms with Crippen LogP contribution in [0.3, 0.4) is 0 Å². The molecule has 0 heterocycles. The number of phenols is 1. The van der Waals surface area contributed by atoms with Gasteiger partial charge in [0.05, 0.1) is 10.6 Å². The maximum absolute atomic E-state index is 13.2. The summed E-state index contributed by atoms with van der Waals surface area (Å²) in [5.74, 6) is -1.06. The predicted octanol–water partition coefficient (Wildman–Crippen LogP) is 4.82. The van der Waals surface area contributed by atoms with Gasteiger partial charge in [-0.1, -0.05) is 11.6 Å². The Morgan fingerprint density at radius 2 is 1.81 bits per heavy atom. The number of hydrogen-bond acceptors (Lipinski definition) is 2. The maximum Gasteiger partial charge on any atom is 0.416 e. The fraction of sp³-hybridized carbons (Fsp3) is 0.143. The lowest BCUT2D eigenvalue weighted by molar-refractivity contribution is -0.137. The molecule has 112 valence electrons. The Kier molecular flexibility index (Phi) is 4.27. The van der Waals surface area contributed by atoms with Crippen LogP contribution in [-0.4, -0.2) is 5.11 Å². The Morgan fingerprint density at radius 3 is 2.43 bits per heavy atom. The molecule has 2 N–H and O–H groups in total. The minimum atomic E-state index is -4.60. The molecule has 7 heteroatoms. The van der Waals surface area contributed by atoms with Gasteiger partial charge in [-0.3, -0.25) is 0 Å². The first-order chi connectivity index (χ1) is 9.75. The quantitative estimate of drug-likeness (QED) is 0.628. The third-order valence-corrected chi connectivity index (χ3v) is 3.03. The molecular formula is C14H10ClF4NO. The molecule has 2 aromatic carbocycles. The third-order valence-electron chi connectivity index (χ3n) is 2.73. The van der Waals surface area contributed by atoms with Gasteiger partial charge in [0.25, 0.3) is 0 Å². The van der Waals surface area contributed by atoms with Crippen molar-refractivity contribution < 1.29 is 22.7 Å². The van der Waals surface area contributed by atoms with Crippen LogP contribution in [0.25, 0.3) is 0 Å². The van der Waals surface area contributed by atoms with Crippen molar-refractivity contribution in [1.29, 1.82) is 0 Å². The highest BCUT2D eigenvalue weighted by atomic mass is 35.5. The normalized spacial score (nSPS) is 11.5. The Bertz CT molecular complexity index is 658. The Morgan fingerprint density at radius 1 is 1.10 bits per heavy atom. The number of hydrogen-bond donors (Lipinski definition) is 2. The number of alkyl halides is 3. The molecular weight excluding hydrogens is 310 g/mol. The summed E-state index contributed by atoms with van der Waals surface area (Å²) in [6, 6.07) is 6.60. The topological polar surface area (TPSA) is 32.3 Å². The van der Waals surface area contributed by atoms with Crippen molar-refractivity contribution in [2.24, 2.45) is 0 Å².